The van der Waals surface area contributed by atoms with E-state index in [-0.39, 0.29) is 43.0 Å². The van der Waals surface area contributed by atoms with Crippen molar-refractivity contribution in [2.75, 3.05) is 13.1 Å². The molecule has 2 fully saturated rings. The number of hydrogen-bond donors (Lipinski definition) is 2. The van der Waals surface area contributed by atoms with Crippen LogP contribution in [0.1, 0.15) is 24.0 Å². The molecule has 2 aromatic rings. The maximum absolute atomic E-state index is 14.1. The number of carbonyl (C=O) groups is 2. The number of piperidine rings is 1. The second-order valence-corrected chi connectivity index (χ2v) is 7.71. The number of rotatable bonds is 5. The number of amides is 3. The highest BCUT2D eigenvalue weighted by atomic mass is 35.5. The molecule has 160 valence electrons. The summed E-state index contributed by atoms with van der Waals surface area (Å²) >= 11 is 0. The Bertz CT molecular complexity index is 919. The molecule has 0 aliphatic carbocycles. The summed E-state index contributed by atoms with van der Waals surface area (Å²) in [7, 11) is 0. The lowest BCUT2D eigenvalue weighted by Crippen LogP contribution is -2.57. The highest BCUT2D eigenvalue weighted by molar-refractivity contribution is 6.07. The van der Waals surface area contributed by atoms with Crippen LogP contribution in [0.15, 0.2) is 48.5 Å². The van der Waals surface area contributed by atoms with E-state index in [4.69, 9.17) is 0 Å². The topological polar surface area (TPSA) is 61.4 Å². The van der Waals surface area contributed by atoms with Gasteiger partial charge in [-0.3, -0.25) is 9.69 Å². The predicted octanol–water partition coefficient (Wildman–Crippen LogP) is 3.42. The molecule has 2 heterocycles. The number of halogens is 3. The average molecular weight is 436 g/mol. The van der Waals surface area contributed by atoms with Crippen molar-refractivity contribution >= 4 is 24.3 Å². The van der Waals surface area contributed by atoms with Gasteiger partial charge in [-0.1, -0.05) is 30.3 Å². The molecule has 3 amide bonds. The maximum atomic E-state index is 14.1. The summed E-state index contributed by atoms with van der Waals surface area (Å²) < 4.78 is 27.5. The summed E-state index contributed by atoms with van der Waals surface area (Å²) in [5.74, 6) is -1.21. The van der Waals surface area contributed by atoms with E-state index in [0.29, 0.717) is 5.56 Å². The van der Waals surface area contributed by atoms with Gasteiger partial charge in [0.05, 0.1) is 6.54 Å². The van der Waals surface area contributed by atoms with E-state index in [1.807, 2.05) is 0 Å². The zero-order chi connectivity index (χ0) is 20.4. The van der Waals surface area contributed by atoms with Crippen LogP contribution in [0.5, 0.6) is 0 Å². The lowest BCUT2D eigenvalue weighted by molar-refractivity contribution is -0.134. The Balaban J connectivity index is 0.00000256. The highest BCUT2D eigenvalue weighted by Crippen LogP contribution is 2.36. The van der Waals surface area contributed by atoms with Crippen molar-refractivity contribution in [2.45, 2.75) is 31.3 Å². The Morgan fingerprint density at radius 3 is 2.33 bits per heavy atom. The van der Waals surface area contributed by atoms with Gasteiger partial charge in [0.1, 0.15) is 17.2 Å². The fourth-order valence-electron chi connectivity index (χ4n) is 4.37. The van der Waals surface area contributed by atoms with E-state index in [1.165, 1.54) is 18.2 Å². The zero-order valence-corrected chi connectivity index (χ0v) is 17.2. The molecule has 2 aliphatic heterocycles. The molecule has 2 aliphatic rings. The molecule has 5 nitrogen and oxygen atoms in total. The summed E-state index contributed by atoms with van der Waals surface area (Å²) in [5.41, 5.74) is -0.0485. The smallest absolute Gasteiger partial charge is 0.322 e. The molecule has 0 spiro atoms. The first-order valence-corrected chi connectivity index (χ1v) is 9.82. The van der Waals surface area contributed by atoms with E-state index < -0.39 is 17.4 Å². The van der Waals surface area contributed by atoms with Crippen LogP contribution < -0.4 is 10.6 Å². The molecule has 0 aromatic heterocycles. The van der Waals surface area contributed by atoms with E-state index in [0.717, 1.165) is 36.4 Å². The fraction of sp³-hybridized carbons (Fsp3) is 0.364. The Morgan fingerprint density at radius 2 is 1.67 bits per heavy atom. The molecular weight excluding hydrogens is 412 g/mol. The van der Waals surface area contributed by atoms with Gasteiger partial charge in [-0.05, 0) is 55.6 Å². The van der Waals surface area contributed by atoms with Crippen molar-refractivity contribution in [3.05, 3.63) is 71.3 Å². The first-order valence-electron chi connectivity index (χ1n) is 9.82. The Hall–Kier alpha value is -2.51. The lowest BCUT2D eigenvalue weighted by Gasteiger charge is -2.38. The summed E-state index contributed by atoms with van der Waals surface area (Å²) in [6, 6.07) is 11.6. The van der Waals surface area contributed by atoms with Crippen molar-refractivity contribution in [3.8, 4) is 0 Å². The van der Waals surface area contributed by atoms with Gasteiger partial charge in [0.25, 0.3) is 5.91 Å². The average Bonchev–Trinajstić information content (AvgIpc) is 2.97. The van der Waals surface area contributed by atoms with Gasteiger partial charge < -0.3 is 10.6 Å². The molecular formula is C22H24ClF2N3O2. The largest absolute Gasteiger partial charge is 0.325 e. The standard InChI is InChI=1S/C22H23F2N3O2.ClH/c23-18-7-5-15(6-8-18)13-22(17-9-11-25-12-10-17)20(28)27(21(29)26-22)14-16-3-1-2-4-19(16)24;/h1-8,17,25H,9-14H2,(H,26,29);1H. The summed E-state index contributed by atoms with van der Waals surface area (Å²) in [6.07, 6.45) is 1.75. The number of benzene rings is 2. The molecule has 2 aromatic carbocycles. The van der Waals surface area contributed by atoms with Crippen LogP contribution in [0.25, 0.3) is 0 Å². The molecule has 4 rings (SSSR count). The van der Waals surface area contributed by atoms with Crippen molar-refractivity contribution < 1.29 is 18.4 Å². The number of urea groups is 1. The third kappa shape index (κ3) is 4.18. The first-order chi connectivity index (χ1) is 14.0. The Morgan fingerprint density at radius 1 is 1.00 bits per heavy atom. The van der Waals surface area contributed by atoms with Crippen molar-refractivity contribution in [1.82, 2.24) is 15.5 Å². The zero-order valence-electron chi connectivity index (χ0n) is 16.4. The van der Waals surface area contributed by atoms with Crippen molar-refractivity contribution in [2.24, 2.45) is 5.92 Å². The van der Waals surface area contributed by atoms with Crippen LogP contribution in [0.3, 0.4) is 0 Å². The van der Waals surface area contributed by atoms with E-state index in [9.17, 15) is 18.4 Å². The van der Waals surface area contributed by atoms with Crippen LogP contribution in [0.2, 0.25) is 0 Å². The van der Waals surface area contributed by atoms with E-state index >= 15 is 0 Å². The van der Waals surface area contributed by atoms with Crippen LogP contribution in [0, 0.1) is 17.6 Å². The fourth-order valence-corrected chi connectivity index (χ4v) is 4.37. The van der Waals surface area contributed by atoms with Gasteiger partial charge in [-0.25, -0.2) is 13.6 Å². The normalized spacial score (nSPS) is 22.0. The Labute approximate surface area is 180 Å². The molecule has 0 saturated carbocycles. The first kappa shape index (κ1) is 22.2. The number of hydrogen-bond acceptors (Lipinski definition) is 3. The molecule has 0 bridgehead atoms. The molecule has 30 heavy (non-hydrogen) atoms. The third-order valence-corrected chi connectivity index (χ3v) is 5.92. The number of carbonyl (C=O) groups excluding carboxylic acids is 2. The van der Waals surface area contributed by atoms with Gasteiger partial charge in [0, 0.05) is 12.0 Å². The quantitative estimate of drug-likeness (QED) is 0.707. The lowest BCUT2D eigenvalue weighted by atomic mass is 9.74. The number of nitrogens with one attached hydrogen (secondary N) is 2. The minimum atomic E-state index is -1.11. The maximum Gasteiger partial charge on any atom is 0.325 e. The second-order valence-electron chi connectivity index (χ2n) is 7.71. The van der Waals surface area contributed by atoms with Crippen LogP contribution in [-0.2, 0) is 17.8 Å². The van der Waals surface area contributed by atoms with Gasteiger partial charge in [0.15, 0.2) is 0 Å². The van der Waals surface area contributed by atoms with Crippen molar-refractivity contribution in [3.63, 3.8) is 0 Å². The molecule has 1 atom stereocenters. The minimum Gasteiger partial charge on any atom is -0.322 e. The third-order valence-electron chi connectivity index (χ3n) is 5.92. The highest BCUT2D eigenvalue weighted by Gasteiger charge is 2.55. The summed E-state index contributed by atoms with van der Waals surface area (Å²) in [5, 5.41) is 6.21. The van der Waals surface area contributed by atoms with E-state index in [1.54, 1.807) is 30.3 Å². The van der Waals surface area contributed by atoms with Crippen LogP contribution in [0.4, 0.5) is 13.6 Å². The Kier molecular flexibility index (Phi) is 6.73. The SMILES string of the molecule is Cl.O=C1NC(Cc2ccc(F)cc2)(C2CCNCC2)C(=O)N1Cc1ccccc1F. The van der Waals surface area contributed by atoms with Crippen molar-refractivity contribution in [1.29, 1.82) is 0 Å². The molecule has 2 N–H and O–H groups in total. The van der Waals surface area contributed by atoms with Gasteiger partial charge in [-0.15, -0.1) is 12.4 Å². The molecule has 2 saturated heterocycles. The number of imide groups is 1. The molecule has 1 unspecified atom stereocenters. The van der Waals surface area contributed by atoms with E-state index in [2.05, 4.69) is 10.6 Å². The summed E-state index contributed by atoms with van der Waals surface area (Å²) in [4.78, 5) is 27.4. The molecule has 8 heteroatoms. The second kappa shape index (κ2) is 9.10. The number of nitrogens with zero attached hydrogens (tertiary/aromatic N) is 1. The minimum absolute atomic E-state index is 0. The summed E-state index contributed by atoms with van der Waals surface area (Å²) in [6.45, 7) is 1.39. The van der Waals surface area contributed by atoms with Crippen LogP contribution in [-0.4, -0.2) is 35.5 Å². The van der Waals surface area contributed by atoms with Gasteiger partial charge in [-0.2, -0.15) is 0 Å². The molecule has 0 radical (unpaired) electrons. The predicted molar refractivity (Wildman–Crippen MR) is 111 cm³/mol. The van der Waals surface area contributed by atoms with Gasteiger partial charge >= 0.3 is 6.03 Å². The van der Waals surface area contributed by atoms with Gasteiger partial charge in [0.2, 0.25) is 0 Å². The monoisotopic (exact) mass is 435 g/mol. The van der Waals surface area contributed by atoms with Crippen LogP contribution >= 0.6 is 12.4 Å².